The molecule has 0 spiro atoms. The molecule has 1 fully saturated rings. The van der Waals surface area contributed by atoms with Crippen LogP contribution in [0.15, 0.2) is 46.2 Å². The summed E-state index contributed by atoms with van der Waals surface area (Å²) < 4.78 is 91.6. The number of nitrogens with zero attached hydrogens (tertiary/aromatic N) is 1. The Labute approximate surface area is 239 Å². The van der Waals surface area contributed by atoms with E-state index in [0.717, 1.165) is 4.31 Å². The second-order valence-corrected chi connectivity index (χ2v) is 15.0. The minimum absolute atomic E-state index is 0.0293. The van der Waals surface area contributed by atoms with Crippen molar-refractivity contribution in [3.63, 3.8) is 0 Å². The third kappa shape index (κ3) is 7.94. The van der Waals surface area contributed by atoms with Crippen molar-refractivity contribution in [2.45, 2.75) is 36.1 Å². The number of benzene rings is 2. The molecule has 2 aromatic carbocycles. The lowest BCUT2D eigenvalue weighted by atomic mass is 10.2. The van der Waals surface area contributed by atoms with Gasteiger partial charge in [-0.1, -0.05) is 0 Å². The number of sulfone groups is 1. The predicted molar refractivity (Wildman–Crippen MR) is 151 cm³/mol. The molecule has 226 valence electrons. The molecule has 1 heterocycles. The molecule has 1 atom stereocenters. The van der Waals surface area contributed by atoms with Gasteiger partial charge in [0.05, 0.1) is 46.9 Å². The Bertz CT molecular complexity index is 1640. The Balaban J connectivity index is 1.91. The number of methoxy groups -OCH3 is 2. The van der Waals surface area contributed by atoms with E-state index in [2.05, 4.69) is 15.4 Å². The van der Waals surface area contributed by atoms with E-state index in [1.54, 1.807) is 0 Å². The molecule has 0 saturated carbocycles. The van der Waals surface area contributed by atoms with Gasteiger partial charge < -0.3 is 20.1 Å². The summed E-state index contributed by atoms with van der Waals surface area (Å²) in [5, 5.41) is 4.98. The lowest BCUT2D eigenvalue weighted by Gasteiger charge is -2.28. The van der Waals surface area contributed by atoms with E-state index in [0.29, 0.717) is 0 Å². The molecule has 17 heteroatoms. The summed E-state index contributed by atoms with van der Waals surface area (Å²) in [6, 6.07) is 6.66. The summed E-state index contributed by atoms with van der Waals surface area (Å²) in [7, 11) is -9.36. The zero-order valence-electron chi connectivity index (χ0n) is 22.8. The largest absolute Gasteiger partial charge is 0.495 e. The molecular formula is C24H32N4O10S3. The first-order valence-corrected chi connectivity index (χ1v) is 17.0. The molecule has 0 aromatic heterocycles. The molecule has 0 bridgehead atoms. The fraction of sp³-hybridized carbons (Fsp3) is 0.417. The van der Waals surface area contributed by atoms with Crippen molar-refractivity contribution in [3.8, 4) is 11.5 Å². The summed E-state index contributed by atoms with van der Waals surface area (Å²) in [4.78, 5) is 22.7. The van der Waals surface area contributed by atoms with Crippen molar-refractivity contribution < 1.29 is 44.3 Å². The van der Waals surface area contributed by atoms with Crippen molar-refractivity contribution >= 4 is 53.1 Å². The lowest BCUT2D eigenvalue weighted by molar-refractivity contribution is -0.115. The summed E-state index contributed by atoms with van der Waals surface area (Å²) >= 11 is 0. The molecule has 3 N–H and O–H groups in total. The van der Waals surface area contributed by atoms with Crippen LogP contribution in [0, 0.1) is 0 Å². The number of amides is 2. The molecule has 0 radical (unpaired) electrons. The highest BCUT2D eigenvalue weighted by atomic mass is 32.2. The van der Waals surface area contributed by atoms with Crippen molar-refractivity contribution in [2.75, 3.05) is 49.4 Å². The first kappa shape index (κ1) is 32.3. The molecule has 2 amide bonds. The van der Waals surface area contributed by atoms with E-state index in [-0.39, 0.29) is 44.8 Å². The zero-order valence-corrected chi connectivity index (χ0v) is 25.3. The average Bonchev–Trinajstić information content (AvgIpc) is 3.24. The van der Waals surface area contributed by atoms with Gasteiger partial charge in [-0.15, -0.1) is 0 Å². The third-order valence-corrected chi connectivity index (χ3v) is 11.3. The zero-order chi connectivity index (χ0) is 30.6. The van der Waals surface area contributed by atoms with Crippen LogP contribution in [0.3, 0.4) is 0 Å². The molecule has 1 aliphatic rings. The maximum Gasteiger partial charge on any atom is 0.243 e. The second-order valence-electron chi connectivity index (χ2n) is 9.16. The van der Waals surface area contributed by atoms with Crippen molar-refractivity contribution in [3.05, 3.63) is 36.4 Å². The predicted octanol–water partition coefficient (Wildman–Crippen LogP) is 0.777. The van der Waals surface area contributed by atoms with Crippen molar-refractivity contribution in [1.82, 2.24) is 9.03 Å². The third-order valence-electron chi connectivity index (χ3n) is 6.12. The van der Waals surface area contributed by atoms with E-state index >= 15 is 0 Å². The summed E-state index contributed by atoms with van der Waals surface area (Å²) in [6.45, 7) is 1.70. The van der Waals surface area contributed by atoms with E-state index in [1.807, 2.05) is 0 Å². The molecule has 14 nitrogen and oxygen atoms in total. The van der Waals surface area contributed by atoms with Gasteiger partial charge in [-0.3, -0.25) is 9.59 Å². The number of ether oxygens (including phenoxy) is 2. The van der Waals surface area contributed by atoms with Crippen LogP contribution in [0.1, 0.15) is 20.3 Å². The lowest BCUT2D eigenvalue weighted by Crippen LogP contribution is -2.45. The normalized spacial score (nSPS) is 16.8. The maximum atomic E-state index is 13.8. The molecule has 0 unspecified atom stereocenters. The smallest absolute Gasteiger partial charge is 0.243 e. The molecular weight excluding hydrogens is 600 g/mol. The summed E-state index contributed by atoms with van der Waals surface area (Å²) in [5.41, 5.74) is 0.216. The molecule has 1 aliphatic heterocycles. The fourth-order valence-corrected chi connectivity index (χ4v) is 8.84. The SMILES string of the molecule is COc1ccc(S(=O)(=O)NCCN([C@@H]2CCS(=O)(=O)C2)S(=O)(=O)c2ccc(OC)c(NC(C)=O)c2)cc1NC(C)=O. The van der Waals surface area contributed by atoms with Crippen LogP contribution in [-0.4, -0.2) is 86.2 Å². The van der Waals surface area contributed by atoms with Gasteiger partial charge in [-0.05, 0) is 42.8 Å². The number of anilines is 2. The van der Waals surface area contributed by atoms with Gasteiger partial charge in [0, 0.05) is 33.0 Å². The molecule has 0 aliphatic carbocycles. The molecule has 1 saturated heterocycles. The summed E-state index contributed by atoms with van der Waals surface area (Å²) in [6.07, 6.45) is 0.0293. The number of hydrogen-bond donors (Lipinski definition) is 3. The Morgan fingerprint density at radius 1 is 0.902 bits per heavy atom. The van der Waals surface area contributed by atoms with Gasteiger partial charge in [0.15, 0.2) is 9.84 Å². The maximum absolute atomic E-state index is 13.8. The Kier molecular flexibility index (Phi) is 10.0. The number of carbonyl (C=O) groups excluding carboxylic acids is 2. The van der Waals surface area contributed by atoms with E-state index in [9.17, 15) is 34.8 Å². The first-order chi connectivity index (χ1) is 19.1. The Morgan fingerprint density at radius 2 is 1.41 bits per heavy atom. The Hall–Kier alpha value is -3.25. The first-order valence-electron chi connectivity index (χ1n) is 12.2. The van der Waals surface area contributed by atoms with Crippen LogP contribution in [0.5, 0.6) is 11.5 Å². The van der Waals surface area contributed by atoms with Crippen LogP contribution in [0.4, 0.5) is 11.4 Å². The highest BCUT2D eigenvalue weighted by Crippen LogP contribution is 2.31. The van der Waals surface area contributed by atoms with Gasteiger partial charge in [-0.25, -0.2) is 30.0 Å². The minimum atomic E-state index is -4.37. The summed E-state index contributed by atoms with van der Waals surface area (Å²) in [5.74, 6) is -1.11. The van der Waals surface area contributed by atoms with E-state index in [1.165, 1.54) is 64.5 Å². The highest BCUT2D eigenvalue weighted by Gasteiger charge is 2.39. The highest BCUT2D eigenvalue weighted by molar-refractivity contribution is 7.92. The van der Waals surface area contributed by atoms with Gasteiger partial charge in [0.1, 0.15) is 11.5 Å². The van der Waals surface area contributed by atoms with E-state index in [4.69, 9.17) is 9.47 Å². The van der Waals surface area contributed by atoms with Gasteiger partial charge in [0.25, 0.3) is 0 Å². The quantitative estimate of drug-likeness (QED) is 0.301. The molecule has 3 rings (SSSR count). The Morgan fingerprint density at radius 3 is 1.88 bits per heavy atom. The number of nitrogens with one attached hydrogen (secondary N) is 3. The molecule has 2 aromatic rings. The monoisotopic (exact) mass is 632 g/mol. The van der Waals surface area contributed by atoms with Gasteiger partial charge in [0.2, 0.25) is 31.9 Å². The van der Waals surface area contributed by atoms with Crippen LogP contribution in [0.25, 0.3) is 0 Å². The van der Waals surface area contributed by atoms with Gasteiger partial charge in [-0.2, -0.15) is 4.31 Å². The minimum Gasteiger partial charge on any atom is -0.495 e. The molecule has 41 heavy (non-hydrogen) atoms. The standard InChI is InChI=1S/C24H32N4O10S3/c1-16(29)26-21-13-19(5-7-23(21)37-3)40(33,34)25-10-11-28(18-9-12-39(31,32)15-18)41(35,36)20-6-8-24(38-4)22(14-20)27-17(2)30/h5-8,13-14,18,25H,9-12,15H2,1-4H3,(H,26,29)(H,27,30)/t18-/m1/s1. The van der Waals surface area contributed by atoms with Crippen LogP contribution in [0.2, 0.25) is 0 Å². The number of carbonyl (C=O) groups is 2. The van der Waals surface area contributed by atoms with Crippen molar-refractivity contribution in [2.24, 2.45) is 0 Å². The number of hydrogen-bond acceptors (Lipinski definition) is 10. The number of sulfonamides is 2. The second kappa shape index (κ2) is 12.7. The van der Waals surface area contributed by atoms with Crippen molar-refractivity contribution in [1.29, 1.82) is 0 Å². The van der Waals surface area contributed by atoms with Crippen LogP contribution in [-0.2, 0) is 39.5 Å². The van der Waals surface area contributed by atoms with Gasteiger partial charge >= 0.3 is 0 Å². The topological polar surface area (TPSA) is 194 Å². The van der Waals surface area contributed by atoms with E-state index < -0.39 is 66.6 Å². The van der Waals surface area contributed by atoms with Crippen LogP contribution < -0.4 is 24.8 Å². The average molecular weight is 633 g/mol. The number of rotatable bonds is 12. The van der Waals surface area contributed by atoms with Crippen LogP contribution >= 0.6 is 0 Å². The fourth-order valence-electron chi connectivity index (χ4n) is 4.29.